The molecular formula is C18H16N4O2. The lowest BCUT2D eigenvalue weighted by Gasteiger charge is -2.05. The van der Waals surface area contributed by atoms with E-state index in [1.807, 2.05) is 28.7 Å². The van der Waals surface area contributed by atoms with Crippen molar-refractivity contribution >= 4 is 11.6 Å². The molecule has 24 heavy (non-hydrogen) atoms. The topological polar surface area (TPSA) is 68.5 Å². The van der Waals surface area contributed by atoms with Crippen LogP contribution in [0.15, 0.2) is 42.6 Å². The van der Waals surface area contributed by atoms with E-state index in [1.165, 1.54) is 0 Å². The Morgan fingerprint density at radius 1 is 1.25 bits per heavy atom. The van der Waals surface area contributed by atoms with E-state index in [9.17, 15) is 4.79 Å². The third-order valence-corrected chi connectivity index (χ3v) is 3.61. The van der Waals surface area contributed by atoms with E-state index in [4.69, 9.17) is 11.2 Å². The van der Waals surface area contributed by atoms with Crippen molar-refractivity contribution in [2.75, 3.05) is 13.7 Å². The van der Waals surface area contributed by atoms with Crippen LogP contribution in [0.2, 0.25) is 0 Å². The smallest absolute Gasteiger partial charge is 0.253 e. The first-order valence-electron chi connectivity index (χ1n) is 7.39. The van der Waals surface area contributed by atoms with Crippen molar-refractivity contribution in [3.05, 3.63) is 59.5 Å². The Labute approximate surface area is 139 Å². The molecule has 0 aliphatic heterocycles. The summed E-state index contributed by atoms with van der Waals surface area (Å²) >= 11 is 0. The predicted octanol–water partition coefficient (Wildman–Crippen LogP) is 1.69. The van der Waals surface area contributed by atoms with Gasteiger partial charge < -0.3 is 10.1 Å². The first kappa shape index (κ1) is 15.6. The van der Waals surface area contributed by atoms with Crippen molar-refractivity contribution in [3.63, 3.8) is 0 Å². The summed E-state index contributed by atoms with van der Waals surface area (Å²) in [6, 6.07) is 11.2. The quantitative estimate of drug-likeness (QED) is 0.727. The summed E-state index contributed by atoms with van der Waals surface area (Å²) in [7, 11) is 1.63. The van der Waals surface area contributed by atoms with E-state index in [0.29, 0.717) is 17.6 Å². The van der Waals surface area contributed by atoms with Crippen molar-refractivity contribution in [2.24, 2.45) is 0 Å². The molecule has 0 fully saturated rings. The van der Waals surface area contributed by atoms with Crippen molar-refractivity contribution in [2.45, 2.75) is 6.42 Å². The number of amides is 1. The molecule has 0 aliphatic rings. The number of carbonyl (C=O) groups excluding carboxylic acids is 1. The third kappa shape index (κ3) is 3.20. The molecular weight excluding hydrogens is 304 g/mol. The van der Waals surface area contributed by atoms with E-state index in [2.05, 4.69) is 21.4 Å². The number of aromatic nitrogens is 3. The molecule has 0 atom stereocenters. The molecule has 2 heterocycles. The van der Waals surface area contributed by atoms with E-state index in [-0.39, 0.29) is 12.5 Å². The molecule has 1 N–H and O–H groups in total. The second-order valence-corrected chi connectivity index (χ2v) is 5.17. The molecule has 6 nitrogen and oxygen atoms in total. The number of fused-ring (bicyclic) bond motifs is 1. The number of ether oxygens (including phenoxy) is 1. The van der Waals surface area contributed by atoms with Crippen LogP contribution in [0.3, 0.4) is 0 Å². The van der Waals surface area contributed by atoms with Crippen LogP contribution in [-0.4, -0.2) is 34.2 Å². The van der Waals surface area contributed by atoms with Crippen LogP contribution in [0.25, 0.3) is 5.65 Å². The minimum atomic E-state index is -0.223. The Kier molecular flexibility index (Phi) is 4.43. The fourth-order valence-electron chi connectivity index (χ4n) is 2.35. The highest BCUT2D eigenvalue weighted by Gasteiger charge is 2.10. The molecule has 2 aromatic heterocycles. The molecule has 0 saturated heterocycles. The summed E-state index contributed by atoms with van der Waals surface area (Å²) in [5, 5.41) is 11.0. The minimum absolute atomic E-state index is 0.192. The molecule has 0 aliphatic carbocycles. The van der Waals surface area contributed by atoms with Crippen LogP contribution in [0.1, 0.15) is 21.7 Å². The Bertz CT molecular complexity index is 907. The van der Waals surface area contributed by atoms with E-state index < -0.39 is 0 Å². The van der Waals surface area contributed by atoms with Gasteiger partial charge in [0.05, 0.1) is 19.2 Å². The Morgan fingerprint density at radius 3 is 2.75 bits per heavy atom. The number of nitrogens with one attached hydrogen (secondary N) is 1. The first-order chi connectivity index (χ1) is 11.7. The number of terminal acetylenes is 1. The minimum Gasteiger partial charge on any atom is -0.497 e. The van der Waals surface area contributed by atoms with Crippen LogP contribution >= 0.6 is 0 Å². The Balaban J connectivity index is 1.87. The number of nitrogens with zero attached hydrogens (tertiary/aromatic N) is 3. The number of benzene rings is 1. The largest absolute Gasteiger partial charge is 0.497 e. The standard InChI is InChI=1S/C18H16N4O2/c1-3-10-19-18(23)14-6-9-16-20-21-17(22(16)12-14)11-13-4-7-15(24-2)8-5-13/h1,4-9,12H,10-11H2,2H3,(H,19,23). The molecule has 1 amide bonds. The van der Waals surface area contributed by atoms with Crippen molar-refractivity contribution in [1.29, 1.82) is 0 Å². The maximum atomic E-state index is 12.0. The maximum absolute atomic E-state index is 12.0. The van der Waals surface area contributed by atoms with Gasteiger partial charge in [-0.2, -0.15) is 0 Å². The number of hydrogen-bond acceptors (Lipinski definition) is 4. The maximum Gasteiger partial charge on any atom is 0.253 e. The van der Waals surface area contributed by atoms with Gasteiger partial charge in [0.2, 0.25) is 0 Å². The van der Waals surface area contributed by atoms with E-state index in [1.54, 1.807) is 25.4 Å². The Morgan fingerprint density at radius 2 is 2.04 bits per heavy atom. The van der Waals surface area contributed by atoms with Gasteiger partial charge in [0, 0.05) is 12.6 Å². The molecule has 0 radical (unpaired) electrons. The third-order valence-electron chi connectivity index (χ3n) is 3.61. The highest BCUT2D eigenvalue weighted by molar-refractivity contribution is 5.94. The number of carbonyl (C=O) groups is 1. The van der Waals surface area contributed by atoms with Gasteiger partial charge in [0.25, 0.3) is 5.91 Å². The lowest BCUT2D eigenvalue weighted by molar-refractivity contribution is 0.0958. The fourth-order valence-corrected chi connectivity index (χ4v) is 2.35. The van der Waals surface area contributed by atoms with Gasteiger partial charge in [0.1, 0.15) is 11.6 Å². The normalized spacial score (nSPS) is 10.3. The molecule has 3 aromatic rings. The molecule has 0 spiro atoms. The summed E-state index contributed by atoms with van der Waals surface area (Å²) < 4.78 is 6.97. The summed E-state index contributed by atoms with van der Waals surface area (Å²) in [5.74, 6) is 3.71. The molecule has 6 heteroatoms. The fraction of sp³-hybridized carbons (Fsp3) is 0.167. The van der Waals surface area contributed by atoms with Gasteiger partial charge in [-0.1, -0.05) is 18.1 Å². The molecule has 0 saturated carbocycles. The van der Waals surface area contributed by atoms with Gasteiger partial charge >= 0.3 is 0 Å². The zero-order valence-electron chi connectivity index (χ0n) is 13.2. The first-order valence-corrected chi connectivity index (χ1v) is 7.39. The van der Waals surface area contributed by atoms with E-state index in [0.717, 1.165) is 17.1 Å². The van der Waals surface area contributed by atoms with Crippen LogP contribution in [0.5, 0.6) is 5.75 Å². The summed E-state index contributed by atoms with van der Waals surface area (Å²) in [4.78, 5) is 12.0. The van der Waals surface area contributed by atoms with Crippen LogP contribution < -0.4 is 10.1 Å². The highest BCUT2D eigenvalue weighted by Crippen LogP contribution is 2.15. The second-order valence-electron chi connectivity index (χ2n) is 5.17. The highest BCUT2D eigenvalue weighted by atomic mass is 16.5. The lowest BCUT2D eigenvalue weighted by Crippen LogP contribution is -2.23. The number of methoxy groups -OCH3 is 1. The number of pyridine rings is 1. The van der Waals surface area contributed by atoms with Gasteiger partial charge in [0.15, 0.2) is 5.65 Å². The Hall–Kier alpha value is -3.33. The van der Waals surface area contributed by atoms with Crippen molar-refractivity contribution in [1.82, 2.24) is 19.9 Å². The van der Waals surface area contributed by atoms with Crippen molar-refractivity contribution < 1.29 is 9.53 Å². The van der Waals surface area contributed by atoms with Crippen LogP contribution in [0, 0.1) is 12.3 Å². The number of rotatable bonds is 5. The van der Waals surface area contributed by atoms with Gasteiger partial charge in [-0.25, -0.2) is 0 Å². The van der Waals surface area contributed by atoms with Crippen LogP contribution in [0.4, 0.5) is 0 Å². The lowest BCUT2D eigenvalue weighted by atomic mass is 10.1. The summed E-state index contributed by atoms with van der Waals surface area (Å²) in [6.07, 6.45) is 7.48. The predicted molar refractivity (Wildman–Crippen MR) is 90.0 cm³/mol. The zero-order chi connectivity index (χ0) is 16.9. The average Bonchev–Trinajstić information content (AvgIpc) is 3.02. The average molecular weight is 320 g/mol. The molecule has 0 bridgehead atoms. The van der Waals surface area contributed by atoms with Gasteiger partial charge in [-0.3, -0.25) is 9.20 Å². The molecule has 120 valence electrons. The summed E-state index contributed by atoms with van der Waals surface area (Å²) in [6.45, 7) is 0.192. The molecule has 1 aromatic carbocycles. The van der Waals surface area contributed by atoms with E-state index >= 15 is 0 Å². The van der Waals surface area contributed by atoms with Gasteiger partial charge in [-0.15, -0.1) is 16.6 Å². The number of hydrogen-bond donors (Lipinski definition) is 1. The van der Waals surface area contributed by atoms with Crippen LogP contribution in [-0.2, 0) is 6.42 Å². The van der Waals surface area contributed by atoms with Gasteiger partial charge in [-0.05, 0) is 29.8 Å². The molecule has 0 unspecified atom stereocenters. The summed E-state index contributed by atoms with van der Waals surface area (Å²) in [5.41, 5.74) is 2.27. The second kappa shape index (κ2) is 6.84. The SMILES string of the molecule is C#CCNC(=O)c1ccc2nnc(Cc3ccc(OC)cc3)n2c1. The van der Waals surface area contributed by atoms with Crippen molar-refractivity contribution in [3.8, 4) is 18.1 Å². The zero-order valence-corrected chi connectivity index (χ0v) is 13.2. The monoisotopic (exact) mass is 320 g/mol. The molecule has 3 rings (SSSR count).